The molecule has 1 heterocycles. The highest BCUT2D eigenvalue weighted by Gasteiger charge is 2.34. The van der Waals surface area contributed by atoms with E-state index in [1.165, 1.54) is 0 Å². The number of benzene rings is 2. The van der Waals surface area contributed by atoms with E-state index in [0.717, 1.165) is 5.56 Å². The lowest BCUT2D eigenvalue weighted by atomic mass is 10.0. The lowest BCUT2D eigenvalue weighted by molar-refractivity contribution is -0.128. The van der Waals surface area contributed by atoms with Crippen LogP contribution in [0.2, 0.25) is 10.0 Å². The van der Waals surface area contributed by atoms with Gasteiger partial charge in [0.25, 0.3) is 5.91 Å². The summed E-state index contributed by atoms with van der Waals surface area (Å²) >= 11 is 11.8. The van der Waals surface area contributed by atoms with Gasteiger partial charge in [-0.1, -0.05) is 35.3 Å². The van der Waals surface area contributed by atoms with Crippen molar-refractivity contribution in [1.29, 1.82) is 0 Å². The van der Waals surface area contributed by atoms with Gasteiger partial charge in [-0.2, -0.15) is 0 Å². The third kappa shape index (κ3) is 3.33. The number of nitrogens with one attached hydrogen (secondary N) is 1. The molecule has 4 nitrogen and oxygen atoms in total. The van der Waals surface area contributed by atoms with Crippen LogP contribution < -0.4 is 5.32 Å². The summed E-state index contributed by atoms with van der Waals surface area (Å²) in [6, 6.07) is 12.9. The summed E-state index contributed by atoms with van der Waals surface area (Å²) in [4.78, 5) is 26.7. The molecular formula is C17H14Cl2N2O2. The maximum atomic E-state index is 12.8. The van der Waals surface area contributed by atoms with Crippen LogP contribution >= 0.6 is 23.2 Å². The van der Waals surface area contributed by atoms with Crippen LogP contribution in [0.1, 0.15) is 22.0 Å². The average Bonchev–Trinajstić information content (AvgIpc) is 2.56. The highest BCUT2D eigenvalue weighted by Crippen LogP contribution is 2.26. The Morgan fingerprint density at radius 1 is 1.00 bits per heavy atom. The first-order valence-electron chi connectivity index (χ1n) is 7.16. The molecule has 0 spiro atoms. The number of piperazine rings is 1. The van der Waals surface area contributed by atoms with Gasteiger partial charge < -0.3 is 10.2 Å². The highest BCUT2D eigenvalue weighted by molar-refractivity contribution is 6.30. The molecule has 3 rings (SSSR count). The van der Waals surface area contributed by atoms with Crippen molar-refractivity contribution in [3.05, 3.63) is 69.7 Å². The lowest BCUT2D eigenvalue weighted by Crippen LogP contribution is -2.52. The normalized spacial score (nSPS) is 17.7. The van der Waals surface area contributed by atoms with Crippen LogP contribution in [0.15, 0.2) is 48.5 Å². The number of rotatable bonds is 2. The predicted octanol–water partition coefficient (Wildman–Crippen LogP) is 3.31. The Morgan fingerprint density at radius 2 is 1.57 bits per heavy atom. The van der Waals surface area contributed by atoms with Crippen LogP contribution in [0.3, 0.4) is 0 Å². The molecule has 6 heteroatoms. The van der Waals surface area contributed by atoms with Gasteiger partial charge in [-0.3, -0.25) is 9.59 Å². The molecule has 2 aromatic carbocycles. The largest absolute Gasteiger partial charge is 0.352 e. The number of halogens is 2. The van der Waals surface area contributed by atoms with Crippen molar-refractivity contribution in [2.24, 2.45) is 0 Å². The topological polar surface area (TPSA) is 49.4 Å². The van der Waals surface area contributed by atoms with Crippen LogP contribution in [0.5, 0.6) is 0 Å². The molecule has 1 N–H and O–H groups in total. The number of carbonyl (C=O) groups is 2. The van der Waals surface area contributed by atoms with Crippen molar-refractivity contribution < 1.29 is 9.59 Å². The molecule has 1 unspecified atom stereocenters. The van der Waals surface area contributed by atoms with Gasteiger partial charge in [0.15, 0.2) is 0 Å². The van der Waals surface area contributed by atoms with E-state index in [4.69, 9.17) is 23.2 Å². The number of amides is 2. The molecule has 0 saturated carbocycles. The second kappa shape index (κ2) is 6.60. The molecular weight excluding hydrogens is 335 g/mol. The van der Waals surface area contributed by atoms with Gasteiger partial charge in [0.2, 0.25) is 5.91 Å². The third-order valence-corrected chi connectivity index (χ3v) is 4.25. The first kappa shape index (κ1) is 15.8. The first-order valence-corrected chi connectivity index (χ1v) is 7.91. The van der Waals surface area contributed by atoms with Gasteiger partial charge in [0, 0.05) is 28.7 Å². The monoisotopic (exact) mass is 348 g/mol. The minimum atomic E-state index is -0.663. The van der Waals surface area contributed by atoms with Crippen LogP contribution in [-0.2, 0) is 4.79 Å². The molecule has 2 amide bonds. The van der Waals surface area contributed by atoms with E-state index in [2.05, 4.69) is 5.32 Å². The fourth-order valence-electron chi connectivity index (χ4n) is 2.62. The zero-order chi connectivity index (χ0) is 16.4. The van der Waals surface area contributed by atoms with Gasteiger partial charge in [-0.25, -0.2) is 0 Å². The van der Waals surface area contributed by atoms with Crippen LogP contribution in [0.25, 0.3) is 0 Å². The lowest BCUT2D eigenvalue weighted by Gasteiger charge is -2.35. The number of hydrogen-bond acceptors (Lipinski definition) is 2. The molecule has 2 aromatic rings. The third-order valence-electron chi connectivity index (χ3n) is 3.75. The summed E-state index contributed by atoms with van der Waals surface area (Å²) in [6.45, 7) is 0.878. The molecule has 23 heavy (non-hydrogen) atoms. The van der Waals surface area contributed by atoms with E-state index in [1.807, 2.05) is 0 Å². The molecule has 0 aromatic heterocycles. The zero-order valence-corrected chi connectivity index (χ0v) is 13.6. The molecule has 1 aliphatic heterocycles. The SMILES string of the molecule is O=C1NCCN(C(=O)c2ccc(Cl)cc2)C1c1ccc(Cl)cc1. The summed E-state index contributed by atoms with van der Waals surface area (Å²) in [7, 11) is 0. The Morgan fingerprint density at radius 3 is 2.17 bits per heavy atom. The van der Waals surface area contributed by atoms with Crippen molar-refractivity contribution >= 4 is 35.0 Å². The van der Waals surface area contributed by atoms with E-state index in [9.17, 15) is 9.59 Å². The second-order valence-electron chi connectivity index (χ2n) is 5.25. The first-order chi connectivity index (χ1) is 11.1. The molecule has 1 atom stereocenters. The average molecular weight is 349 g/mol. The molecule has 1 aliphatic rings. The quantitative estimate of drug-likeness (QED) is 0.904. The van der Waals surface area contributed by atoms with Gasteiger partial charge in [-0.05, 0) is 42.0 Å². The van der Waals surface area contributed by atoms with Crippen molar-refractivity contribution in [2.45, 2.75) is 6.04 Å². The van der Waals surface area contributed by atoms with E-state index in [0.29, 0.717) is 28.7 Å². The number of carbonyl (C=O) groups excluding carboxylic acids is 2. The summed E-state index contributed by atoms with van der Waals surface area (Å²) in [6.07, 6.45) is 0. The van der Waals surface area contributed by atoms with E-state index < -0.39 is 6.04 Å². The maximum absolute atomic E-state index is 12.8. The minimum Gasteiger partial charge on any atom is -0.352 e. The molecule has 1 saturated heterocycles. The van der Waals surface area contributed by atoms with Crippen LogP contribution in [-0.4, -0.2) is 29.8 Å². The van der Waals surface area contributed by atoms with E-state index in [1.54, 1.807) is 53.4 Å². The van der Waals surface area contributed by atoms with Crippen LogP contribution in [0.4, 0.5) is 0 Å². The van der Waals surface area contributed by atoms with Crippen molar-refractivity contribution in [2.75, 3.05) is 13.1 Å². The summed E-state index contributed by atoms with van der Waals surface area (Å²) in [5.41, 5.74) is 1.23. The van der Waals surface area contributed by atoms with E-state index in [-0.39, 0.29) is 11.8 Å². The Hall–Kier alpha value is -2.04. The molecule has 0 aliphatic carbocycles. The smallest absolute Gasteiger partial charge is 0.254 e. The molecule has 1 fully saturated rings. The molecule has 118 valence electrons. The van der Waals surface area contributed by atoms with Gasteiger partial charge in [-0.15, -0.1) is 0 Å². The van der Waals surface area contributed by atoms with E-state index >= 15 is 0 Å². The van der Waals surface area contributed by atoms with Gasteiger partial charge >= 0.3 is 0 Å². The van der Waals surface area contributed by atoms with Crippen molar-refractivity contribution in [3.63, 3.8) is 0 Å². The minimum absolute atomic E-state index is 0.194. The van der Waals surface area contributed by atoms with Gasteiger partial charge in [0.05, 0.1) is 0 Å². The molecule has 0 radical (unpaired) electrons. The summed E-state index contributed by atoms with van der Waals surface area (Å²) < 4.78 is 0. The standard InChI is InChI=1S/C17H14Cl2N2O2/c18-13-5-1-11(2-6-13)15-16(22)20-9-10-21(15)17(23)12-3-7-14(19)8-4-12/h1-8,15H,9-10H2,(H,20,22). The highest BCUT2D eigenvalue weighted by atomic mass is 35.5. The molecule has 0 bridgehead atoms. The Bertz CT molecular complexity index is 729. The fraction of sp³-hybridized carbons (Fsp3) is 0.176. The summed E-state index contributed by atoms with van der Waals surface area (Å²) in [5.74, 6) is -0.391. The Labute approximate surface area is 144 Å². The van der Waals surface area contributed by atoms with Crippen LogP contribution in [0, 0.1) is 0 Å². The van der Waals surface area contributed by atoms with Gasteiger partial charge in [0.1, 0.15) is 6.04 Å². The second-order valence-corrected chi connectivity index (χ2v) is 6.12. The Balaban J connectivity index is 1.94. The predicted molar refractivity (Wildman–Crippen MR) is 89.7 cm³/mol. The number of nitrogens with zero attached hydrogens (tertiary/aromatic N) is 1. The van der Waals surface area contributed by atoms with Crippen molar-refractivity contribution in [3.8, 4) is 0 Å². The van der Waals surface area contributed by atoms with Crippen molar-refractivity contribution in [1.82, 2.24) is 10.2 Å². The zero-order valence-electron chi connectivity index (χ0n) is 12.1. The summed E-state index contributed by atoms with van der Waals surface area (Å²) in [5, 5.41) is 3.95. The fourth-order valence-corrected chi connectivity index (χ4v) is 2.87. The number of hydrogen-bond donors (Lipinski definition) is 1. The Kier molecular flexibility index (Phi) is 4.55. The maximum Gasteiger partial charge on any atom is 0.254 e.